The molecule has 0 spiro atoms. The van der Waals surface area contributed by atoms with Crippen molar-refractivity contribution in [1.82, 2.24) is 30.1 Å². The molecule has 0 atom stereocenters. The second-order valence-corrected chi connectivity index (χ2v) is 9.82. The number of benzene rings is 1. The molecule has 5 heterocycles. The summed E-state index contributed by atoms with van der Waals surface area (Å²) in [6.07, 6.45) is 15.2. The smallest absolute Gasteiger partial charge is 0.155 e. The first-order valence-corrected chi connectivity index (χ1v) is 12.9. The Hall–Kier alpha value is -4.59. The van der Waals surface area contributed by atoms with Crippen molar-refractivity contribution in [2.45, 2.75) is 38.2 Å². The summed E-state index contributed by atoms with van der Waals surface area (Å²) < 4.78 is 19.7. The van der Waals surface area contributed by atoms with Crippen molar-refractivity contribution in [3.8, 4) is 39.4 Å². The van der Waals surface area contributed by atoms with Crippen molar-refractivity contribution in [3.63, 3.8) is 0 Å². The van der Waals surface area contributed by atoms with Gasteiger partial charge >= 0.3 is 0 Å². The van der Waals surface area contributed by atoms with E-state index in [-0.39, 0.29) is 11.9 Å². The molecule has 7 nitrogen and oxygen atoms in total. The summed E-state index contributed by atoms with van der Waals surface area (Å²) in [4.78, 5) is 16.9. The first-order chi connectivity index (χ1) is 18.7. The lowest BCUT2D eigenvalue weighted by molar-refractivity contribution is 0.154. The predicted molar refractivity (Wildman–Crippen MR) is 145 cm³/mol. The summed E-state index contributed by atoms with van der Waals surface area (Å²) in [6, 6.07) is 12.6. The second kappa shape index (κ2) is 9.37. The Kier molecular flexibility index (Phi) is 5.57. The van der Waals surface area contributed by atoms with Gasteiger partial charge in [-0.25, -0.2) is 9.37 Å². The van der Waals surface area contributed by atoms with Crippen LogP contribution in [0.4, 0.5) is 4.39 Å². The van der Waals surface area contributed by atoms with Crippen LogP contribution in [0.3, 0.4) is 0 Å². The minimum Gasteiger partial charge on any atom is -0.489 e. The van der Waals surface area contributed by atoms with E-state index in [1.807, 2.05) is 18.5 Å². The highest BCUT2D eigenvalue weighted by molar-refractivity contribution is 6.00. The van der Waals surface area contributed by atoms with Crippen LogP contribution in [0.2, 0.25) is 0 Å². The highest BCUT2D eigenvalue weighted by Gasteiger charge is 2.17. The molecule has 0 bridgehead atoms. The van der Waals surface area contributed by atoms with E-state index in [1.54, 1.807) is 30.7 Å². The molecule has 1 aromatic carbocycles. The minimum absolute atomic E-state index is 0.262. The zero-order valence-electron chi connectivity index (χ0n) is 20.6. The summed E-state index contributed by atoms with van der Waals surface area (Å²) in [5, 5.41) is 9.50. The van der Waals surface area contributed by atoms with E-state index in [2.05, 4.69) is 42.3 Å². The fraction of sp³-hybridized carbons (Fsp3) is 0.200. The van der Waals surface area contributed by atoms with Crippen LogP contribution in [0.1, 0.15) is 32.1 Å². The number of nitrogens with one attached hydrogen (secondary N) is 2. The maximum atomic E-state index is 13.5. The molecule has 7 rings (SSSR count). The number of aromatic amines is 2. The van der Waals surface area contributed by atoms with Crippen LogP contribution in [-0.2, 0) is 0 Å². The van der Waals surface area contributed by atoms with Crippen LogP contribution < -0.4 is 4.74 Å². The Labute approximate surface area is 218 Å². The fourth-order valence-corrected chi connectivity index (χ4v) is 5.32. The minimum atomic E-state index is -0.267. The van der Waals surface area contributed by atoms with E-state index >= 15 is 0 Å². The van der Waals surface area contributed by atoms with Gasteiger partial charge in [-0.2, -0.15) is 5.10 Å². The third-order valence-corrected chi connectivity index (χ3v) is 7.27. The Balaban J connectivity index is 1.25. The standard InChI is InChI=1S/C30H25FN6O/c31-21-8-6-18(7-9-21)26-16-33-17-28-24(26)12-27(35-28)29-25-11-20(14-34-30(25)37-36-29)19-10-23(15-32-13-19)38-22-4-2-1-3-5-22/h6-17,22,35H,1-5H2,(H,34,36,37). The molecule has 6 aromatic rings. The van der Waals surface area contributed by atoms with Crippen molar-refractivity contribution >= 4 is 21.9 Å². The lowest BCUT2D eigenvalue weighted by Gasteiger charge is -2.23. The van der Waals surface area contributed by atoms with Crippen LogP contribution in [0.15, 0.2) is 73.4 Å². The summed E-state index contributed by atoms with van der Waals surface area (Å²) in [7, 11) is 0. The van der Waals surface area contributed by atoms with Gasteiger partial charge in [0.25, 0.3) is 0 Å². The van der Waals surface area contributed by atoms with Gasteiger partial charge in [-0.15, -0.1) is 0 Å². The Bertz CT molecular complexity index is 1750. The second-order valence-electron chi connectivity index (χ2n) is 9.82. The van der Waals surface area contributed by atoms with Crippen LogP contribution >= 0.6 is 0 Å². The number of fused-ring (bicyclic) bond motifs is 2. The van der Waals surface area contributed by atoms with Gasteiger partial charge in [0, 0.05) is 46.1 Å². The SMILES string of the molecule is Fc1ccc(-c2cncc3[nH]c(-c4n[nH]c5ncc(-c6cncc(OC7CCCCC7)c6)cc45)cc23)cc1. The van der Waals surface area contributed by atoms with Gasteiger partial charge in [0.2, 0.25) is 0 Å². The molecule has 1 aliphatic carbocycles. The Morgan fingerprint density at radius 3 is 2.47 bits per heavy atom. The topological polar surface area (TPSA) is 92.4 Å². The van der Waals surface area contributed by atoms with Crippen molar-refractivity contribution < 1.29 is 9.13 Å². The number of hydrogen-bond donors (Lipinski definition) is 2. The number of rotatable bonds is 5. The molecule has 0 amide bonds. The normalized spacial score (nSPS) is 14.3. The third-order valence-electron chi connectivity index (χ3n) is 7.27. The average Bonchev–Trinajstić information content (AvgIpc) is 3.58. The fourth-order valence-electron chi connectivity index (χ4n) is 5.32. The predicted octanol–water partition coefficient (Wildman–Crippen LogP) is 7.08. The van der Waals surface area contributed by atoms with E-state index in [0.717, 1.165) is 68.5 Å². The molecule has 2 N–H and O–H groups in total. The highest BCUT2D eigenvalue weighted by Crippen LogP contribution is 2.35. The largest absolute Gasteiger partial charge is 0.489 e. The van der Waals surface area contributed by atoms with E-state index in [0.29, 0.717) is 5.65 Å². The Morgan fingerprint density at radius 1 is 0.789 bits per heavy atom. The molecule has 5 aromatic heterocycles. The van der Waals surface area contributed by atoms with E-state index in [1.165, 1.54) is 31.4 Å². The van der Waals surface area contributed by atoms with Crippen LogP contribution in [-0.4, -0.2) is 36.2 Å². The molecule has 0 unspecified atom stereocenters. The summed E-state index contributed by atoms with van der Waals surface area (Å²) >= 11 is 0. The molecule has 8 heteroatoms. The lowest BCUT2D eigenvalue weighted by Crippen LogP contribution is -2.19. The van der Waals surface area contributed by atoms with Gasteiger partial charge in [-0.05, 0) is 61.6 Å². The number of ether oxygens (including phenoxy) is 1. The first-order valence-electron chi connectivity index (χ1n) is 12.9. The number of nitrogens with zero attached hydrogens (tertiary/aromatic N) is 4. The maximum absolute atomic E-state index is 13.5. The van der Waals surface area contributed by atoms with Crippen LogP contribution in [0.25, 0.3) is 55.6 Å². The van der Waals surface area contributed by atoms with E-state index in [4.69, 9.17) is 4.74 Å². The first kappa shape index (κ1) is 22.6. The molecular weight excluding hydrogens is 479 g/mol. The van der Waals surface area contributed by atoms with Gasteiger partial charge in [-0.3, -0.25) is 15.1 Å². The molecule has 1 aliphatic rings. The molecule has 38 heavy (non-hydrogen) atoms. The van der Waals surface area contributed by atoms with Gasteiger partial charge in [0.05, 0.1) is 29.7 Å². The number of aromatic nitrogens is 6. The molecule has 0 radical (unpaired) electrons. The molecule has 0 saturated heterocycles. The zero-order valence-corrected chi connectivity index (χ0v) is 20.6. The van der Waals surface area contributed by atoms with Crippen molar-refractivity contribution in [2.24, 2.45) is 0 Å². The van der Waals surface area contributed by atoms with Gasteiger partial charge < -0.3 is 9.72 Å². The number of hydrogen-bond acceptors (Lipinski definition) is 5. The number of H-pyrrole nitrogens is 2. The third kappa shape index (κ3) is 4.18. The molecular formula is C30H25FN6O. The van der Waals surface area contributed by atoms with Crippen molar-refractivity contribution in [3.05, 3.63) is 79.3 Å². The molecule has 0 aliphatic heterocycles. The van der Waals surface area contributed by atoms with E-state index in [9.17, 15) is 4.39 Å². The molecule has 188 valence electrons. The van der Waals surface area contributed by atoms with Crippen molar-refractivity contribution in [2.75, 3.05) is 0 Å². The zero-order chi connectivity index (χ0) is 25.5. The number of pyridine rings is 3. The summed E-state index contributed by atoms with van der Waals surface area (Å²) in [6.45, 7) is 0. The lowest BCUT2D eigenvalue weighted by atomic mass is 9.98. The monoisotopic (exact) mass is 504 g/mol. The van der Waals surface area contributed by atoms with Crippen LogP contribution in [0, 0.1) is 5.82 Å². The van der Waals surface area contributed by atoms with E-state index < -0.39 is 0 Å². The maximum Gasteiger partial charge on any atom is 0.155 e. The quantitative estimate of drug-likeness (QED) is 0.262. The van der Waals surface area contributed by atoms with Gasteiger partial charge in [0.15, 0.2) is 5.65 Å². The highest BCUT2D eigenvalue weighted by atomic mass is 19.1. The van der Waals surface area contributed by atoms with Gasteiger partial charge in [0.1, 0.15) is 17.3 Å². The summed E-state index contributed by atoms with van der Waals surface area (Å²) in [5.74, 6) is 0.523. The molecule has 1 saturated carbocycles. The number of halogens is 1. The van der Waals surface area contributed by atoms with Gasteiger partial charge in [-0.1, -0.05) is 18.6 Å². The van der Waals surface area contributed by atoms with Crippen molar-refractivity contribution in [1.29, 1.82) is 0 Å². The Morgan fingerprint density at radius 2 is 1.61 bits per heavy atom. The average molecular weight is 505 g/mol. The van der Waals surface area contributed by atoms with Crippen LogP contribution in [0.5, 0.6) is 5.75 Å². The molecule has 1 fully saturated rings. The summed E-state index contributed by atoms with van der Waals surface area (Å²) in [5.41, 5.74) is 6.87.